The van der Waals surface area contributed by atoms with Gasteiger partial charge in [-0.15, -0.1) is 0 Å². The minimum atomic E-state index is -1.05. The van der Waals surface area contributed by atoms with E-state index >= 15 is 0 Å². The number of anilines is 3. The van der Waals surface area contributed by atoms with E-state index in [4.69, 9.17) is 5.73 Å². The number of hydrogen-bond acceptors (Lipinski definition) is 5. The number of hydrogen-bond donors (Lipinski definition) is 4. The van der Waals surface area contributed by atoms with Crippen LogP contribution in [0.5, 0.6) is 0 Å². The van der Waals surface area contributed by atoms with Crippen molar-refractivity contribution in [3.63, 3.8) is 0 Å². The second-order valence-electron chi connectivity index (χ2n) is 4.37. The van der Waals surface area contributed by atoms with Gasteiger partial charge in [0.05, 0.1) is 11.1 Å². The molecule has 2 amide bonds. The average molecular weight is 431 g/mol. The van der Waals surface area contributed by atoms with Crippen LogP contribution in [0.25, 0.3) is 11.0 Å². The number of nitrogens with two attached hydrogens (primary N) is 1. The number of benzene rings is 1. The Morgan fingerprint density at radius 1 is 1.26 bits per heavy atom. The first-order valence-electron chi connectivity index (χ1n) is 6.13. The zero-order valence-corrected chi connectivity index (χ0v) is 13.4. The molecule has 0 radical (unpaired) electrons. The summed E-state index contributed by atoms with van der Waals surface area (Å²) in [4.78, 5) is 19.9. The normalized spacial score (nSPS) is 10.7. The summed E-state index contributed by atoms with van der Waals surface area (Å²) in [5.41, 5.74) is 4.84. The van der Waals surface area contributed by atoms with Gasteiger partial charge in [-0.25, -0.2) is 23.5 Å². The number of nitrogen functional groups attached to an aromatic ring is 1. The largest absolute Gasteiger partial charge is 0.396 e. The number of H-pyrrole nitrogens is 1. The number of fused-ring (bicyclic) bond motifs is 1. The minimum Gasteiger partial charge on any atom is -0.396 e. The number of urea groups is 1. The first kappa shape index (κ1) is 15.3. The molecule has 3 aromatic rings. The molecule has 2 heterocycles. The van der Waals surface area contributed by atoms with Gasteiger partial charge in [-0.3, -0.25) is 10.4 Å². The maximum Gasteiger partial charge on any atom is 0.325 e. The van der Waals surface area contributed by atoms with Gasteiger partial charge < -0.3 is 11.1 Å². The van der Waals surface area contributed by atoms with Crippen LogP contribution >= 0.6 is 22.6 Å². The highest BCUT2D eigenvalue weighted by Crippen LogP contribution is 2.25. The number of nitrogens with zero attached hydrogens (tertiary/aromatic N) is 3. The number of aromatic amines is 1. The Morgan fingerprint density at radius 2 is 2.04 bits per heavy atom. The first-order valence-corrected chi connectivity index (χ1v) is 7.21. The van der Waals surface area contributed by atoms with Crippen LogP contribution in [0.1, 0.15) is 0 Å². The van der Waals surface area contributed by atoms with Gasteiger partial charge in [0.25, 0.3) is 0 Å². The van der Waals surface area contributed by atoms with E-state index in [0.717, 1.165) is 12.1 Å². The van der Waals surface area contributed by atoms with E-state index in [1.54, 1.807) is 0 Å². The van der Waals surface area contributed by atoms with Crippen LogP contribution in [0.15, 0.2) is 18.5 Å². The molecule has 23 heavy (non-hydrogen) atoms. The van der Waals surface area contributed by atoms with Crippen LogP contribution in [0, 0.1) is 15.3 Å². The van der Waals surface area contributed by atoms with Crippen LogP contribution in [-0.4, -0.2) is 26.2 Å². The number of nitrogens with one attached hydrogen (secondary N) is 3. The van der Waals surface area contributed by atoms with Gasteiger partial charge in [0, 0.05) is 0 Å². The van der Waals surface area contributed by atoms with E-state index in [0.29, 0.717) is 14.7 Å². The van der Waals surface area contributed by atoms with E-state index in [-0.39, 0.29) is 11.5 Å². The molecule has 118 valence electrons. The lowest BCUT2D eigenvalue weighted by molar-refractivity contribution is 0.262. The van der Waals surface area contributed by atoms with Crippen LogP contribution < -0.4 is 16.4 Å². The van der Waals surface area contributed by atoms with Crippen LogP contribution in [0.4, 0.5) is 30.8 Å². The molecule has 0 saturated heterocycles. The third-order valence-corrected chi connectivity index (χ3v) is 3.69. The van der Waals surface area contributed by atoms with E-state index in [1.165, 1.54) is 6.33 Å². The molecule has 8 nitrogen and oxygen atoms in total. The lowest BCUT2D eigenvalue weighted by Crippen LogP contribution is -2.22. The van der Waals surface area contributed by atoms with Gasteiger partial charge in [0.15, 0.2) is 11.5 Å². The van der Waals surface area contributed by atoms with Crippen LogP contribution in [0.3, 0.4) is 0 Å². The van der Waals surface area contributed by atoms with Crippen LogP contribution in [-0.2, 0) is 0 Å². The summed E-state index contributed by atoms with van der Waals surface area (Å²) < 4.78 is 27.9. The molecule has 5 N–H and O–H groups in total. The van der Waals surface area contributed by atoms with Crippen molar-refractivity contribution in [3.05, 3.63) is 33.8 Å². The van der Waals surface area contributed by atoms with Gasteiger partial charge in [0.2, 0.25) is 0 Å². The SMILES string of the molecule is Nc1ccc(F)c(NC(=O)Nc2ncnc3[nH]nc(I)c23)c1F. The van der Waals surface area contributed by atoms with Crippen molar-refractivity contribution in [1.29, 1.82) is 0 Å². The maximum atomic E-state index is 13.8. The topological polar surface area (TPSA) is 122 Å². The molecule has 0 unspecified atom stereocenters. The Bertz CT molecular complexity index is 914. The number of rotatable bonds is 2. The lowest BCUT2D eigenvalue weighted by Gasteiger charge is -2.10. The Balaban J connectivity index is 1.88. The summed E-state index contributed by atoms with van der Waals surface area (Å²) in [5.74, 6) is -1.85. The molecule has 0 aliphatic rings. The quantitative estimate of drug-likeness (QED) is 0.367. The third-order valence-electron chi connectivity index (χ3n) is 2.90. The second kappa shape index (κ2) is 5.91. The van der Waals surface area contributed by atoms with Gasteiger partial charge in [-0.2, -0.15) is 5.10 Å². The molecule has 0 saturated carbocycles. The standard InChI is InChI=1S/C12H8F2IN7O/c13-4-1-2-5(16)7(14)8(4)19-12(23)20-10-6-9(15)21-22-11(6)18-3-17-10/h1-3H,16H2,(H3,17,18,19,20,21,22,23). The smallest absolute Gasteiger partial charge is 0.325 e. The van der Waals surface area contributed by atoms with E-state index in [1.807, 2.05) is 22.6 Å². The highest BCUT2D eigenvalue weighted by atomic mass is 127. The fraction of sp³-hybridized carbons (Fsp3) is 0. The molecular weight excluding hydrogens is 423 g/mol. The summed E-state index contributed by atoms with van der Waals surface area (Å²) in [6, 6.07) is 1.14. The Hall–Kier alpha value is -2.57. The average Bonchev–Trinajstić information content (AvgIpc) is 2.90. The summed E-state index contributed by atoms with van der Waals surface area (Å²) >= 11 is 1.93. The van der Waals surface area contributed by atoms with Crippen molar-refractivity contribution in [2.24, 2.45) is 0 Å². The van der Waals surface area contributed by atoms with E-state index < -0.39 is 23.4 Å². The highest BCUT2D eigenvalue weighted by molar-refractivity contribution is 14.1. The fourth-order valence-electron chi connectivity index (χ4n) is 1.85. The summed E-state index contributed by atoms with van der Waals surface area (Å²) in [6.07, 6.45) is 1.22. The molecule has 0 fully saturated rings. The number of amides is 2. The summed E-state index contributed by atoms with van der Waals surface area (Å²) in [7, 11) is 0. The molecule has 0 aliphatic carbocycles. The zero-order chi connectivity index (χ0) is 16.6. The number of aromatic nitrogens is 4. The molecular formula is C12H8F2IN7O. The van der Waals surface area contributed by atoms with Gasteiger partial charge in [-0.05, 0) is 34.7 Å². The van der Waals surface area contributed by atoms with Gasteiger partial charge in [-0.1, -0.05) is 0 Å². The zero-order valence-electron chi connectivity index (χ0n) is 11.2. The van der Waals surface area contributed by atoms with Crippen molar-refractivity contribution in [2.45, 2.75) is 0 Å². The monoisotopic (exact) mass is 431 g/mol. The van der Waals surface area contributed by atoms with Gasteiger partial charge in [0.1, 0.15) is 27.4 Å². The van der Waals surface area contributed by atoms with Gasteiger partial charge >= 0.3 is 6.03 Å². The fourth-order valence-corrected chi connectivity index (χ4v) is 2.49. The number of carbonyl (C=O) groups is 1. The van der Waals surface area contributed by atoms with Crippen molar-refractivity contribution in [3.8, 4) is 0 Å². The predicted octanol–water partition coefficient (Wildman–Crippen LogP) is 2.46. The molecule has 0 spiro atoms. The van der Waals surface area contributed by atoms with Crippen molar-refractivity contribution in [2.75, 3.05) is 16.4 Å². The highest BCUT2D eigenvalue weighted by Gasteiger charge is 2.17. The van der Waals surface area contributed by atoms with E-state index in [9.17, 15) is 13.6 Å². The van der Waals surface area contributed by atoms with Crippen LogP contribution in [0.2, 0.25) is 0 Å². The molecule has 0 atom stereocenters. The Labute approximate surface area is 141 Å². The molecule has 1 aromatic carbocycles. The second-order valence-corrected chi connectivity index (χ2v) is 5.39. The molecule has 11 heteroatoms. The molecule has 0 bridgehead atoms. The van der Waals surface area contributed by atoms with E-state index in [2.05, 4.69) is 30.8 Å². The summed E-state index contributed by atoms with van der Waals surface area (Å²) in [6.45, 7) is 0. The maximum absolute atomic E-state index is 13.8. The lowest BCUT2D eigenvalue weighted by atomic mass is 10.2. The Kier molecular flexibility index (Phi) is 3.94. The Morgan fingerprint density at radius 3 is 2.83 bits per heavy atom. The predicted molar refractivity (Wildman–Crippen MR) is 87.8 cm³/mol. The van der Waals surface area contributed by atoms with Crippen molar-refractivity contribution < 1.29 is 13.6 Å². The molecule has 2 aromatic heterocycles. The first-order chi connectivity index (χ1) is 11.0. The summed E-state index contributed by atoms with van der Waals surface area (Å²) in [5, 5.41) is 11.5. The number of halogens is 3. The van der Waals surface area contributed by atoms with Crippen molar-refractivity contribution >= 4 is 56.8 Å². The van der Waals surface area contributed by atoms with Crippen molar-refractivity contribution in [1.82, 2.24) is 20.2 Å². The number of carbonyl (C=O) groups excluding carboxylic acids is 1. The minimum absolute atomic E-state index is 0.148. The third kappa shape index (κ3) is 2.86. The molecule has 0 aliphatic heterocycles. The molecule has 3 rings (SSSR count).